The van der Waals surface area contributed by atoms with Gasteiger partial charge in [0, 0.05) is 0 Å². The normalized spacial score (nSPS) is 10.8. The fourth-order valence-electron chi connectivity index (χ4n) is 1.34. The van der Waals surface area contributed by atoms with Crippen LogP contribution < -0.4 is 0 Å². The third-order valence-electron chi connectivity index (χ3n) is 2.40. The average molecular weight is 206 g/mol. The number of aryl methyl sites for hydroxylation is 2. The molecule has 0 N–H and O–H groups in total. The van der Waals surface area contributed by atoms with Crippen LogP contribution in [-0.4, -0.2) is 0 Å². The summed E-state index contributed by atoms with van der Waals surface area (Å²) in [6, 6.07) is 3.85. The van der Waals surface area contributed by atoms with Crippen LogP contribution in [0.4, 0.5) is 0 Å². The molecule has 0 atom stereocenters. The minimum absolute atomic E-state index is 0.485. The van der Waals surface area contributed by atoms with Gasteiger partial charge in [0.2, 0.25) is 0 Å². The van der Waals surface area contributed by atoms with Crippen molar-refractivity contribution in [2.24, 2.45) is 0 Å². The average Bonchev–Trinajstić information content (AvgIpc) is 2.78. The topological polar surface area (TPSA) is 35.5 Å². The number of rotatable bonds is 4. The van der Waals surface area contributed by atoms with E-state index in [4.69, 9.17) is 13.6 Å². The zero-order chi connectivity index (χ0) is 10.7. The molecule has 0 fully saturated rings. The zero-order valence-electron chi connectivity index (χ0n) is 8.95. The van der Waals surface area contributed by atoms with Crippen LogP contribution in [0, 0.1) is 13.8 Å². The number of hydrogen-bond donors (Lipinski definition) is 0. The van der Waals surface area contributed by atoms with Gasteiger partial charge in [-0.1, -0.05) is 0 Å². The van der Waals surface area contributed by atoms with Gasteiger partial charge in [-0.15, -0.1) is 0 Å². The zero-order valence-corrected chi connectivity index (χ0v) is 8.95. The van der Waals surface area contributed by atoms with Crippen LogP contribution >= 0.6 is 0 Å². The van der Waals surface area contributed by atoms with Gasteiger partial charge in [-0.2, -0.15) is 0 Å². The van der Waals surface area contributed by atoms with Gasteiger partial charge < -0.3 is 13.6 Å². The fraction of sp³-hybridized carbons (Fsp3) is 0.333. The quantitative estimate of drug-likeness (QED) is 0.770. The summed E-state index contributed by atoms with van der Waals surface area (Å²) in [6.07, 6.45) is 3.35. The number of furan rings is 2. The summed E-state index contributed by atoms with van der Waals surface area (Å²) in [5.74, 6) is 1.75. The first kappa shape index (κ1) is 10.1. The van der Waals surface area contributed by atoms with Crippen LogP contribution in [0.1, 0.15) is 22.6 Å². The van der Waals surface area contributed by atoms with Gasteiger partial charge in [-0.05, 0) is 37.1 Å². The maximum atomic E-state index is 5.50. The van der Waals surface area contributed by atoms with Gasteiger partial charge in [0.1, 0.15) is 24.7 Å². The minimum Gasteiger partial charge on any atom is -0.467 e. The van der Waals surface area contributed by atoms with Crippen LogP contribution in [0.15, 0.2) is 33.5 Å². The molecule has 0 saturated carbocycles. The second kappa shape index (κ2) is 4.36. The lowest BCUT2D eigenvalue weighted by Crippen LogP contribution is -1.94. The van der Waals surface area contributed by atoms with Gasteiger partial charge in [-0.25, -0.2) is 0 Å². The van der Waals surface area contributed by atoms with Crippen molar-refractivity contribution in [1.29, 1.82) is 0 Å². The van der Waals surface area contributed by atoms with Crippen molar-refractivity contribution < 1.29 is 13.6 Å². The standard InChI is InChI=1S/C12H14O3/c1-9-3-5-14-11(9)7-13-8-12-10(2)4-6-15-12/h3-6H,7-8H2,1-2H3. The monoisotopic (exact) mass is 206 g/mol. The molecule has 2 aromatic rings. The van der Waals surface area contributed by atoms with Gasteiger partial charge in [0.25, 0.3) is 0 Å². The van der Waals surface area contributed by atoms with E-state index in [-0.39, 0.29) is 0 Å². The highest BCUT2D eigenvalue weighted by Crippen LogP contribution is 2.13. The second-order valence-corrected chi connectivity index (χ2v) is 3.55. The third-order valence-corrected chi connectivity index (χ3v) is 2.40. The van der Waals surface area contributed by atoms with Crippen molar-refractivity contribution in [3.8, 4) is 0 Å². The molecule has 80 valence electrons. The summed E-state index contributed by atoms with van der Waals surface area (Å²) in [4.78, 5) is 0. The Morgan fingerprint density at radius 1 is 0.933 bits per heavy atom. The highest BCUT2D eigenvalue weighted by atomic mass is 16.5. The van der Waals surface area contributed by atoms with E-state index in [1.165, 1.54) is 0 Å². The number of ether oxygens (including phenoxy) is 1. The van der Waals surface area contributed by atoms with Crippen LogP contribution in [-0.2, 0) is 18.0 Å². The summed E-state index contributed by atoms with van der Waals surface area (Å²) in [5, 5.41) is 0. The van der Waals surface area contributed by atoms with Crippen molar-refractivity contribution in [2.75, 3.05) is 0 Å². The summed E-state index contributed by atoms with van der Waals surface area (Å²) in [7, 11) is 0. The highest BCUT2D eigenvalue weighted by molar-refractivity contribution is 5.14. The molecule has 0 unspecified atom stereocenters. The van der Waals surface area contributed by atoms with Crippen molar-refractivity contribution in [2.45, 2.75) is 27.1 Å². The molecule has 2 heterocycles. The smallest absolute Gasteiger partial charge is 0.132 e. The molecular formula is C12H14O3. The Hall–Kier alpha value is -1.48. The predicted molar refractivity (Wildman–Crippen MR) is 55.4 cm³/mol. The third kappa shape index (κ3) is 2.30. The van der Waals surface area contributed by atoms with E-state index in [9.17, 15) is 0 Å². The lowest BCUT2D eigenvalue weighted by molar-refractivity contribution is 0.0794. The van der Waals surface area contributed by atoms with E-state index < -0.39 is 0 Å². The maximum Gasteiger partial charge on any atom is 0.132 e. The molecule has 0 aromatic carbocycles. The highest BCUT2D eigenvalue weighted by Gasteiger charge is 2.04. The largest absolute Gasteiger partial charge is 0.467 e. The lowest BCUT2D eigenvalue weighted by Gasteiger charge is -2.01. The Morgan fingerprint density at radius 2 is 1.40 bits per heavy atom. The molecule has 0 aliphatic heterocycles. The molecule has 3 nitrogen and oxygen atoms in total. The Bertz CT molecular complexity index is 385. The first-order valence-electron chi connectivity index (χ1n) is 4.91. The first-order chi connectivity index (χ1) is 7.27. The van der Waals surface area contributed by atoms with Gasteiger partial charge >= 0.3 is 0 Å². The Balaban J connectivity index is 1.86. The van der Waals surface area contributed by atoms with Gasteiger partial charge in [0.15, 0.2) is 0 Å². The van der Waals surface area contributed by atoms with Crippen molar-refractivity contribution in [3.63, 3.8) is 0 Å². The van der Waals surface area contributed by atoms with Crippen molar-refractivity contribution >= 4 is 0 Å². The molecule has 0 saturated heterocycles. The Kier molecular flexibility index (Phi) is 2.92. The summed E-state index contributed by atoms with van der Waals surface area (Å²) >= 11 is 0. The van der Waals surface area contributed by atoms with Crippen molar-refractivity contribution in [1.82, 2.24) is 0 Å². The summed E-state index contributed by atoms with van der Waals surface area (Å²) < 4.78 is 16.0. The lowest BCUT2D eigenvalue weighted by atomic mass is 10.3. The SMILES string of the molecule is Cc1ccoc1COCc1occc1C. The summed E-state index contributed by atoms with van der Waals surface area (Å²) in [6.45, 7) is 4.97. The maximum absolute atomic E-state index is 5.50. The summed E-state index contributed by atoms with van der Waals surface area (Å²) in [5.41, 5.74) is 2.23. The van der Waals surface area contributed by atoms with Crippen LogP contribution in [0.2, 0.25) is 0 Å². The Morgan fingerprint density at radius 3 is 1.73 bits per heavy atom. The van der Waals surface area contributed by atoms with E-state index in [0.717, 1.165) is 22.6 Å². The molecule has 15 heavy (non-hydrogen) atoms. The van der Waals surface area contributed by atoms with Crippen molar-refractivity contribution in [3.05, 3.63) is 47.3 Å². The molecule has 3 heteroatoms. The van der Waals surface area contributed by atoms with Crippen LogP contribution in [0.3, 0.4) is 0 Å². The number of hydrogen-bond acceptors (Lipinski definition) is 3. The molecule has 0 aliphatic rings. The molecule has 2 rings (SSSR count). The van der Waals surface area contributed by atoms with E-state index in [2.05, 4.69) is 0 Å². The van der Waals surface area contributed by atoms with E-state index >= 15 is 0 Å². The molecule has 0 radical (unpaired) electrons. The fourth-order valence-corrected chi connectivity index (χ4v) is 1.34. The Labute approximate surface area is 88.7 Å². The van der Waals surface area contributed by atoms with E-state index in [0.29, 0.717) is 13.2 Å². The molecule has 0 spiro atoms. The van der Waals surface area contributed by atoms with Gasteiger partial charge in [0.05, 0.1) is 12.5 Å². The second-order valence-electron chi connectivity index (χ2n) is 3.55. The van der Waals surface area contributed by atoms with E-state index in [1.54, 1.807) is 12.5 Å². The minimum atomic E-state index is 0.485. The van der Waals surface area contributed by atoms with Crippen LogP contribution in [0.5, 0.6) is 0 Å². The molecule has 0 amide bonds. The molecule has 2 aromatic heterocycles. The molecule has 0 aliphatic carbocycles. The molecular weight excluding hydrogens is 192 g/mol. The van der Waals surface area contributed by atoms with Crippen LogP contribution in [0.25, 0.3) is 0 Å². The molecule has 0 bridgehead atoms. The first-order valence-corrected chi connectivity index (χ1v) is 4.91. The predicted octanol–water partition coefficient (Wildman–Crippen LogP) is 3.21. The van der Waals surface area contributed by atoms with E-state index in [1.807, 2.05) is 26.0 Å². The van der Waals surface area contributed by atoms with Gasteiger partial charge in [-0.3, -0.25) is 0 Å².